The third-order valence-corrected chi connectivity index (χ3v) is 2.92. The van der Waals surface area contributed by atoms with Gasteiger partial charge in [-0.1, -0.05) is 6.92 Å². The molecule has 0 spiro atoms. The lowest BCUT2D eigenvalue weighted by atomic mass is 9.82. The molecule has 14 heavy (non-hydrogen) atoms. The van der Waals surface area contributed by atoms with Crippen molar-refractivity contribution >= 4 is 5.78 Å². The third-order valence-electron chi connectivity index (χ3n) is 2.92. The molecule has 4 nitrogen and oxygen atoms in total. The highest BCUT2D eigenvalue weighted by molar-refractivity contribution is 5.79. The first-order chi connectivity index (χ1) is 6.65. The van der Waals surface area contributed by atoms with Crippen LogP contribution in [0, 0.1) is 16.0 Å². The predicted molar refractivity (Wildman–Crippen MR) is 52.7 cm³/mol. The largest absolute Gasteiger partial charge is 0.300 e. The van der Waals surface area contributed by atoms with E-state index in [1.165, 1.54) is 0 Å². The summed E-state index contributed by atoms with van der Waals surface area (Å²) in [6.07, 6.45) is 4.13. The van der Waals surface area contributed by atoms with Gasteiger partial charge in [-0.05, 0) is 19.3 Å². The molecule has 4 heteroatoms. The van der Waals surface area contributed by atoms with Crippen molar-refractivity contribution in [2.24, 2.45) is 5.92 Å². The Hall–Kier alpha value is -0.930. The van der Waals surface area contributed by atoms with Crippen molar-refractivity contribution in [2.45, 2.75) is 51.5 Å². The number of hydrogen-bond acceptors (Lipinski definition) is 3. The van der Waals surface area contributed by atoms with E-state index in [0.29, 0.717) is 19.3 Å². The van der Waals surface area contributed by atoms with Crippen molar-refractivity contribution in [3.05, 3.63) is 10.1 Å². The van der Waals surface area contributed by atoms with Gasteiger partial charge in [0.15, 0.2) is 0 Å². The summed E-state index contributed by atoms with van der Waals surface area (Å²) in [5.74, 6) is 0.190. The fourth-order valence-corrected chi connectivity index (χ4v) is 2.20. The van der Waals surface area contributed by atoms with Crippen molar-refractivity contribution < 1.29 is 9.72 Å². The van der Waals surface area contributed by atoms with E-state index in [0.717, 1.165) is 19.3 Å². The third kappa shape index (κ3) is 2.79. The molecule has 1 fully saturated rings. The lowest BCUT2D eigenvalue weighted by molar-refractivity contribution is -0.533. The van der Waals surface area contributed by atoms with Gasteiger partial charge in [0, 0.05) is 30.1 Å². The summed E-state index contributed by atoms with van der Waals surface area (Å²) in [6, 6.07) is -0.496. The molecule has 0 aromatic heterocycles. The second-order valence-electron chi connectivity index (χ2n) is 4.04. The molecule has 1 aliphatic rings. The fourth-order valence-electron chi connectivity index (χ4n) is 2.20. The van der Waals surface area contributed by atoms with Crippen LogP contribution in [0.15, 0.2) is 0 Å². The Bertz CT molecular complexity index is 227. The van der Waals surface area contributed by atoms with Crippen LogP contribution in [0.5, 0.6) is 0 Å². The van der Waals surface area contributed by atoms with Gasteiger partial charge >= 0.3 is 0 Å². The van der Waals surface area contributed by atoms with Crippen LogP contribution in [0.25, 0.3) is 0 Å². The summed E-state index contributed by atoms with van der Waals surface area (Å²) in [5.41, 5.74) is 0. The molecule has 0 unspecified atom stereocenters. The Morgan fingerprint density at radius 1 is 1.64 bits per heavy atom. The summed E-state index contributed by atoms with van der Waals surface area (Å²) < 4.78 is 0. The van der Waals surface area contributed by atoms with Gasteiger partial charge in [0.25, 0.3) is 0 Å². The summed E-state index contributed by atoms with van der Waals surface area (Å²) >= 11 is 0. The Morgan fingerprint density at radius 3 is 2.86 bits per heavy atom. The average Bonchev–Trinajstić information content (AvgIpc) is 2.13. The molecule has 1 aliphatic carbocycles. The smallest absolute Gasteiger partial charge is 0.216 e. The van der Waals surface area contributed by atoms with E-state index in [4.69, 9.17) is 0 Å². The topological polar surface area (TPSA) is 60.2 Å². The SMILES string of the molecule is CCC[C@@H]([C@H]1CCCC(=O)C1)[N+](=O)[O-]. The number of carbonyl (C=O) groups excluding carboxylic acids is 1. The maximum Gasteiger partial charge on any atom is 0.216 e. The molecular formula is C10H17NO3. The maximum atomic E-state index is 11.2. The number of nitrogens with zero attached hydrogens (tertiary/aromatic N) is 1. The van der Waals surface area contributed by atoms with Gasteiger partial charge in [-0.15, -0.1) is 0 Å². The van der Waals surface area contributed by atoms with Crippen LogP contribution in [0.4, 0.5) is 0 Å². The molecule has 0 heterocycles. The normalized spacial score (nSPS) is 24.6. The van der Waals surface area contributed by atoms with Crippen molar-refractivity contribution in [3.8, 4) is 0 Å². The van der Waals surface area contributed by atoms with E-state index >= 15 is 0 Å². The molecule has 2 atom stereocenters. The van der Waals surface area contributed by atoms with Gasteiger partial charge in [0.05, 0.1) is 0 Å². The highest BCUT2D eigenvalue weighted by Gasteiger charge is 2.33. The zero-order valence-corrected chi connectivity index (χ0v) is 8.57. The minimum Gasteiger partial charge on any atom is -0.300 e. The van der Waals surface area contributed by atoms with E-state index < -0.39 is 6.04 Å². The quantitative estimate of drug-likeness (QED) is 0.515. The number of carbonyl (C=O) groups is 1. The molecular weight excluding hydrogens is 182 g/mol. The summed E-state index contributed by atoms with van der Waals surface area (Å²) in [6.45, 7) is 1.95. The first-order valence-electron chi connectivity index (χ1n) is 5.30. The van der Waals surface area contributed by atoms with Crippen LogP contribution < -0.4 is 0 Å². The Kier molecular flexibility index (Phi) is 4.04. The molecule has 80 valence electrons. The summed E-state index contributed by atoms with van der Waals surface area (Å²) in [7, 11) is 0. The standard InChI is InChI=1S/C10H17NO3/c1-2-4-10(11(13)14)8-5-3-6-9(12)7-8/h8,10H,2-7H2,1H3/t8-,10-/m0/s1. The van der Waals surface area contributed by atoms with Gasteiger partial charge in [-0.3, -0.25) is 14.9 Å². The molecule has 0 bridgehead atoms. The van der Waals surface area contributed by atoms with Crippen LogP contribution in [-0.4, -0.2) is 16.7 Å². The van der Waals surface area contributed by atoms with Crippen LogP contribution in [-0.2, 0) is 4.79 Å². The number of nitro groups is 1. The highest BCUT2D eigenvalue weighted by atomic mass is 16.6. The first kappa shape index (κ1) is 11.1. The summed E-state index contributed by atoms with van der Waals surface area (Å²) in [5, 5.41) is 10.8. The molecule has 0 saturated heterocycles. The second-order valence-corrected chi connectivity index (χ2v) is 4.04. The van der Waals surface area contributed by atoms with Gasteiger partial charge in [0.2, 0.25) is 6.04 Å². The minimum absolute atomic E-state index is 0.00815. The lowest BCUT2D eigenvalue weighted by Gasteiger charge is -2.23. The van der Waals surface area contributed by atoms with Crippen molar-refractivity contribution in [3.63, 3.8) is 0 Å². The second kappa shape index (κ2) is 5.08. The lowest BCUT2D eigenvalue weighted by Crippen LogP contribution is -2.33. The van der Waals surface area contributed by atoms with Gasteiger partial charge in [-0.2, -0.15) is 0 Å². The molecule has 0 radical (unpaired) electrons. The number of Topliss-reactive ketones (excluding diaryl/α,β-unsaturated/α-hetero) is 1. The highest BCUT2D eigenvalue weighted by Crippen LogP contribution is 2.27. The maximum absolute atomic E-state index is 11.2. The average molecular weight is 199 g/mol. The number of hydrogen-bond donors (Lipinski definition) is 0. The Morgan fingerprint density at radius 2 is 2.36 bits per heavy atom. The van der Waals surface area contributed by atoms with Crippen LogP contribution in [0.2, 0.25) is 0 Å². The van der Waals surface area contributed by atoms with E-state index in [9.17, 15) is 14.9 Å². The molecule has 0 aromatic rings. The zero-order valence-electron chi connectivity index (χ0n) is 8.57. The fraction of sp³-hybridized carbons (Fsp3) is 0.900. The molecule has 0 aliphatic heterocycles. The number of rotatable bonds is 4. The van der Waals surface area contributed by atoms with Crippen LogP contribution in [0.1, 0.15) is 45.4 Å². The van der Waals surface area contributed by atoms with Crippen LogP contribution >= 0.6 is 0 Å². The van der Waals surface area contributed by atoms with Crippen molar-refractivity contribution in [2.75, 3.05) is 0 Å². The van der Waals surface area contributed by atoms with E-state index in [-0.39, 0.29) is 16.6 Å². The number of ketones is 1. The summed E-state index contributed by atoms with van der Waals surface area (Å²) in [4.78, 5) is 21.8. The molecule has 0 N–H and O–H groups in total. The van der Waals surface area contributed by atoms with Crippen LogP contribution in [0.3, 0.4) is 0 Å². The van der Waals surface area contributed by atoms with Crippen molar-refractivity contribution in [1.82, 2.24) is 0 Å². The first-order valence-corrected chi connectivity index (χ1v) is 5.30. The molecule has 1 saturated carbocycles. The van der Waals surface area contributed by atoms with E-state index in [2.05, 4.69) is 0 Å². The predicted octanol–water partition coefficient (Wildman–Crippen LogP) is 2.19. The monoisotopic (exact) mass is 199 g/mol. The molecule has 0 aromatic carbocycles. The Balaban J connectivity index is 2.57. The zero-order chi connectivity index (χ0) is 10.6. The van der Waals surface area contributed by atoms with Crippen molar-refractivity contribution in [1.29, 1.82) is 0 Å². The molecule has 0 amide bonds. The minimum atomic E-state index is -0.496. The van der Waals surface area contributed by atoms with Gasteiger partial charge < -0.3 is 0 Å². The van der Waals surface area contributed by atoms with E-state index in [1.807, 2.05) is 6.92 Å². The van der Waals surface area contributed by atoms with E-state index in [1.54, 1.807) is 0 Å². The Labute approximate surface area is 83.8 Å². The van der Waals surface area contributed by atoms with Gasteiger partial charge in [0.1, 0.15) is 5.78 Å². The van der Waals surface area contributed by atoms with Gasteiger partial charge in [-0.25, -0.2) is 0 Å². The molecule has 1 rings (SSSR count).